The van der Waals surface area contributed by atoms with Gasteiger partial charge in [0.1, 0.15) is 0 Å². The Balaban J connectivity index is 2.35. The summed E-state index contributed by atoms with van der Waals surface area (Å²) in [6.07, 6.45) is 0. The molecule has 1 aliphatic rings. The van der Waals surface area contributed by atoms with Gasteiger partial charge in [-0.2, -0.15) is 8.78 Å². The van der Waals surface area contributed by atoms with E-state index in [2.05, 4.69) is 0 Å². The van der Waals surface area contributed by atoms with Crippen molar-refractivity contribution in [3.63, 3.8) is 0 Å². The highest BCUT2D eigenvalue weighted by Crippen LogP contribution is 2.31. The van der Waals surface area contributed by atoms with Crippen LogP contribution in [0, 0.1) is 0 Å². The first-order chi connectivity index (χ1) is 7.06. The van der Waals surface area contributed by atoms with Gasteiger partial charge in [0.2, 0.25) is 0 Å². The largest absolute Gasteiger partial charge is 0.356 e. The Hall–Kier alpha value is -1.52. The van der Waals surface area contributed by atoms with Crippen LogP contribution in [0.3, 0.4) is 0 Å². The Labute approximate surface area is 84.3 Å². The number of carbonyl (C=O) groups excluding carboxylic acids is 1. The number of fused-ring (bicyclic) bond motifs is 1. The SMILES string of the molecule is O=C1c2ccccc2CN1C(F)(F)CF. The van der Waals surface area contributed by atoms with E-state index in [0.717, 1.165) is 0 Å². The number of hydrogen-bond acceptors (Lipinski definition) is 1. The third-order valence-corrected chi connectivity index (χ3v) is 2.38. The minimum Gasteiger partial charge on any atom is -0.273 e. The number of amides is 1. The summed E-state index contributed by atoms with van der Waals surface area (Å²) < 4.78 is 38.1. The molecule has 1 aliphatic heterocycles. The van der Waals surface area contributed by atoms with Gasteiger partial charge in [-0.1, -0.05) is 18.2 Å². The van der Waals surface area contributed by atoms with Crippen molar-refractivity contribution in [2.45, 2.75) is 12.6 Å². The van der Waals surface area contributed by atoms with Crippen LogP contribution in [0.2, 0.25) is 0 Å². The fourth-order valence-electron chi connectivity index (χ4n) is 1.59. The molecule has 0 fully saturated rings. The van der Waals surface area contributed by atoms with Crippen molar-refractivity contribution < 1.29 is 18.0 Å². The normalized spacial score (nSPS) is 15.7. The van der Waals surface area contributed by atoms with E-state index in [1.54, 1.807) is 18.2 Å². The lowest BCUT2D eigenvalue weighted by Gasteiger charge is -2.24. The molecule has 0 unspecified atom stereocenters. The molecule has 0 atom stereocenters. The zero-order valence-corrected chi connectivity index (χ0v) is 7.71. The van der Waals surface area contributed by atoms with Crippen LogP contribution < -0.4 is 0 Å². The third-order valence-electron chi connectivity index (χ3n) is 2.38. The third kappa shape index (κ3) is 1.48. The molecular weight excluding hydrogens is 207 g/mol. The molecule has 15 heavy (non-hydrogen) atoms. The van der Waals surface area contributed by atoms with Gasteiger partial charge >= 0.3 is 6.05 Å². The predicted octanol–water partition coefficient (Wildman–Crippen LogP) is 2.20. The number of rotatable bonds is 2. The summed E-state index contributed by atoms with van der Waals surface area (Å²) in [5.74, 6) is -0.812. The lowest BCUT2D eigenvalue weighted by Crippen LogP contribution is -2.43. The van der Waals surface area contributed by atoms with E-state index >= 15 is 0 Å². The lowest BCUT2D eigenvalue weighted by molar-refractivity contribution is -0.137. The molecule has 1 heterocycles. The van der Waals surface area contributed by atoms with Crippen molar-refractivity contribution in [3.8, 4) is 0 Å². The fourth-order valence-corrected chi connectivity index (χ4v) is 1.59. The number of benzene rings is 1. The van der Waals surface area contributed by atoms with E-state index in [1.165, 1.54) is 6.07 Å². The Morgan fingerprint density at radius 3 is 2.60 bits per heavy atom. The Bertz CT molecular complexity index is 405. The van der Waals surface area contributed by atoms with Crippen LogP contribution in [0.4, 0.5) is 13.2 Å². The second-order valence-electron chi connectivity index (χ2n) is 3.35. The van der Waals surface area contributed by atoms with Gasteiger partial charge in [-0.05, 0) is 11.6 Å². The van der Waals surface area contributed by atoms with Crippen LogP contribution >= 0.6 is 0 Å². The second-order valence-corrected chi connectivity index (χ2v) is 3.35. The minimum atomic E-state index is -3.71. The van der Waals surface area contributed by atoms with E-state index in [9.17, 15) is 18.0 Å². The van der Waals surface area contributed by atoms with Crippen LogP contribution in [-0.2, 0) is 6.54 Å². The van der Waals surface area contributed by atoms with Crippen molar-refractivity contribution in [1.82, 2.24) is 4.90 Å². The molecule has 1 aromatic carbocycles. The maximum atomic E-state index is 13.0. The Morgan fingerprint density at radius 1 is 1.33 bits per heavy atom. The first-order valence-electron chi connectivity index (χ1n) is 4.40. The fraction of sp³-hybridized carbons (Fsp3) is 0.300. The van der Waals surface area contributed by atoms with Crippen LogP contribution in [-0.4, -0.2) is 23.5 Å². The van der Waals surface area contributed by atoms with E-state index in [0.29, 0.717) is 5.56 Å². The van der Waals surface area contributed by atoms with Gasteiger partial charge in [-0.3, -0.25) is 9.69 Å². The molecule has 0 saturated heterocycles. The maximum absolute atomic E-state index is 13.0. The van der Waals surface area contributed by atoms with Crippen LogP contribution in [0.25, 0.3) is 0 Å². The van der Waals surface area contributed by atoms with Gasteiger partial charge in [-0.15, -0.1) is 0 Å². The molecule has 0 spiro atoms. The van der Waals surface area contributed by atoms with Crippen molar-refractivity contribution >= 4 is 5.91 Å². The molecule has 0 aromatic heterocycles. The first kappa shape index (κ1) is 10.0. The van der Waals surface area contributed by atoms with Crippen molar-refractivity contribution in [2.24, 2.45) is 0 Å². The lowest BCUT2D eigenvalue weighted by atomic mass is 10.1. The number of halogens is 3. The van der Waals surface area contributed by atoms with E-state index in [4.69, 9.17) is 0 Å². The van der Waals surface area contributed by atoms with Gasteiger partial charge in [0.05, 0.1) is 6.54 Å². The van der Waals surface area contributed by atoms with Gasteiger partial charge in [-0.25, -0.2) is 4.39 Å². The van der Waals surface area contributed by atoms with Crippen LogP contribution in [0.1, 0.15) is 15.9 Å². The summed E-state index contributed by atoms with van der Waals surface area (Å²) in [6.45, 7) is -2.08. The highest BCUT2D eigenvalue weighted by molar-refractivity contribution is 5.98. The van der Waals surface area contributed by atoms with Crippen molar-refractivity contribution in [3.05, 3.63) is 35.4 Å². The topological polar surface area (TPSA) is 20.3 Å². The summed E-state index contributed by atoms with van der Waals surface area (Å²) in [7, 11) is 0. The summed E-state index contributed by atoms with van der Waals surface area (Å²) in [4.78, 5) is 11.7. The smallest absolute Gasteiger partial charge is 0.273 e. The predicted molar refractivity (Wildman–Crippen MR) is 47.2 cm³/mol. The van der Waals surface area contributed by atoms with Crippen molar-refractivity contribution in [1.29, 1.82) is 0 Å². The van der Waals surface area contributed by atoms with Crippen LogP contribution in [0.5, 0.6) is 0 Å². The zero-order valence-electron chi connectivity index (χ0n) is 7.71. The Kier molecular flexibility index (Phi) is 2.17. The monoisotopic (exact) mass is 215 g/mol. The molecule has 1 amide bonds. The average Bonchev–Trinajstić information content (AvgIpc) is 2.58. The molecule has 0 bridgehead atoms. The maximum Gasteiger partial charge on any atom is 0.356 e. The molecule has 0 aliphatic carbocycles. The zero-order chi connectivity index (χ0) is 11.1. The molecular formula is C10H8F3NO. The van der Waals surface area contributed by atoms with E-state index in [1.807, 2.05) is 0 Å². The van der Waals surface area contributed by atoms with Crippen molar-refractivity contribution in [2.75, 3.05) is 6.67 Å². The van der Waals surface area contributed by atoms with E-state index < -0.39 is 18.6 Å². The summed E-state index contributed by atoms with van der Waals surface area (Å²) in [5, 5.41) is 0. The summed E-state index contributed by atoms with van der Waals surface area (Å²) >= 11 is 0. The number of hydrogen-bond donors (Lipinski definition) is 0. The molecule has 1 aromatic rings. The van der Waals surface area contributed by atoms with Gasteiger partial charge in [0.15, 0.2) is 6.67 Å². The molecule has 80 valence electrons. The first-order valence-corrected chi connectivity index (χ1v) is 4.40. The number of carbonyl (C=O) groups is 1. The second kappa shape index (κ2) is 3.25. The molecule has 0 N–H and O–H groups in total. The highest BCUT2D eigenvalue weighted by Gasteiger charge is 2.44. The summed E-state index contributed by atoms with van der Waals surface area (Å²) in [5.41, 5.74) is 0.737. The quantitative estimate of drug-likeness (QED) is 0.692. The number of alkyl halides is 3. The molecule has 5 heteroatoms. The minimum absolute atomic E-state index is 0.227. The molecule has 0 saturated carbocycles. The van der Waals surface area contributed by atoms with Gasteiger partial charge in [0, 0.05) is 5.56 Å². The standard InChI is InChI=1S/C10H8F3NO/c11-6-10(12,13)14-5-7-3-1-2-4-8(7)9(14)15/h1-4H,5-6H2. The number of nitrogens with zero attached hydrogens (tertiary/aromatic N) is 1. The van der Waals surface area contributed by atoms with Gasteiger partial charge < -0.3 is 0 Å². The van der Waals surface area contributed by atoms with E-state index in [-0.39, 0.29) is 17.0 Å². The Morgan fingerprint density at radius 2 is 2.00 bits per heavy atom. The summed E-state index contributed by atoms with van der Waals surface area (Å²) in [6, 6.07) is 2.58. The highest BCUT2D eigenvalue weighted by atomic mass is 19.3. The molecule has 2 rings (SSSR count). The average molecular weight is 215 g/mol. The molecule has 0 radical (unpaired) electrons. The molecule has 2 nitrogen and oxygen atoms in total. The van der Waals surface area contributed by atoms with Gasteiger partial charge in [0.25, 0.3) is 5.91 Å². The van der Waals surface area contributed by atoms with Crippen LogP contribution in [0.15, 0.2) is 24.3 Å².